The van der Waals surface area contributed by atoms with Crippen LogP contribution in [0, 0.1) is 11.3 Å². The molecule has 0 radical (unpaired) electrons. The van der Waals surface area contributed by atoms with Crippen LogP contribution < -0.4 is 10.1 Å². The lowest BCUT2D eigenvalue weighted by atomic mass is 10.4. The average molecular weight is 240 g/mol. The molecule has 16 heavy (non-hydrogen) atoms. The number of amides is 1. The lowest BCUT2D eigenvalue weighted by molar-refractivity contribution is -0.120. The van der Waals surface area contributed by atoms with Crippen molar-refractivity contribution in [3.8, 4) is 11.8 Å². The second-order valence-corrected chi connectivity index (χ2v) is 3.31. The van der Waals surface area contributed by atoms with Gasteiger partial charge in [0.1, 0.15) is 18.8 Å². The molecule has 0 spiro atoms. The van der Waals surface area contributed by atoms with E-state index in [4.69, 9.17) is 21.6 Å². The van der Waals surface area contributed by atoms with Gasteiger partial charge in [0, 0.05) is 12.3 Å². The topological polar surface area (TPSA) is 75.0 Å². The number of nitrogens with one attached hydrogen (secondary N) is 1. The Bertz CT molecular complexity index is 403. The summed E-state index contributed by atoms with van der Waals surface area (Å²) in [5.74, 6) is 0.234. The molecule has 0 atom stereocenters. The zero-order chi connectivity index (χ0) is 11.8. The van der Waals surface area contributed by atoms with Crippen LogP contribution in [0.15, 0.2) is 18.5 Å². The number of rotatable bonds is 5. The fraction of sp³-hybridized carbons (Fsp3) is 0.300. The van der Waals surface area contributed by atoms with Crippen molar-refractivity contribution >= 4 is 17.5 Å². The molecule has 0 fully saturated rings. The number of hydrogen-bond donors (Lipinski definition) is 1. The molecule has 0 aromatic carbocycles. The van der Waals surface area contributed by atoms with Gasteiger partial charge < -0.3 is 10.1 Å². The maximum absolute atomic E-state index is 10.9. The lowest BCUT2D eigenvalue weighted by Gasteiger charge is -2.06. The maximum atomic E-state index is 10.9. The third kappa shape index (κ3) is 4.62. The molecule has 1 aromatic rings. The first kappa shape index (κ1) is 12.3. The molecule has 0 aliphatic heterocycles. The monoisotopic (exact) mass is 239 g/mol. The molecule has 1 heterocycles. The molecule has 1 aromatic heterocycles. The fourth-order valence-electron chi connectivity index (χ4n) is 0.965. The number of pyridine rings is 1. The predicted molar refractivity (Wildman–Crippen MR) is 58.0 cm³/mol. The minimum Gasteiger partial charge on any atom is -0.490 e. The Kier molecular flexibility index (Phi) is 5.09. The van der Waals surface area contributed by atoms with Crippen LogP contribution in [0.1, 0.15) is 6.42 Å². The van der Waals surface area contributed by atoms with E-state index >= 15 is 0 Å². The van der Waals surface area contributed by atoms with Crippen LogP contribution in [0.2, 0.25) is 5.02 Å². The molecule has 1 N–H and O–H groups in total. The van der Waals surface area contributed by atoms with Gasteiger partial charge in [-0.2, -0.15) is 5.26 Å². The molecule has 0 saturated heterocycles. The van der Waals surface area contributed by atoms with Crippen LogP contribution in [0.4, 0.5) is 0 Å². The Morgan fingerprint density at radius 2 is 2.44 bits per heavy atom. The number of nitriles is 1. The Morgan fingerprint density at radius 1 is 1.62 bits per heavy atom. The first-order valence-corrected chi connectivity index (χ1v) is 4.97. The number of carbonyl (C=O) groups is 1. The van der Waals surface area contributed by atoms with Crippen molar-refractivity contribution in [2.45, 2.75) is 6.42 Å². The number of hydrogen-bond acceptors (Lipinski definition) is 4. The summed E-state index contributed by atoms with van der Waals surface area (Å²) in [6, 6.07) is 3.38. The quantitative estimate of drug-likeness (QED) is 0.782. The molecule has 5 nitrogen and oxygen atoms in total. The summed E-state index contributed by atoms with van der Waals surface area (Å²) >= 11 is 5.70. The van der Waals surface area contributed by atoms with Crippen molar-refractivity contribution < 1.29 is 9.53 Å². The van der Waals surface area contributed by atoms with Crippen LogP contribution in [-0.2, 0) is 4.79 Å². The molecule has 0 aliphatic rings. The fourth-order valence-corrected chi connectivity index (χ4v) is 1.13. The number of halogens is 1. The summed E-state index contributed by atoms with van der Waals surface area (Å²) in [6.45, 7) is 0.645. The zero-order valence-corrected chi connectivity index (χ0v) is 9.20. The molecule has 0 bridgehead atoms. The maximum Gasteiger partial charge on any atom is 0.234 e. The van der Waals surface area contributed by atoms with Gasteiger partial charge in [-0.1, -0.05) is 11.6 Å². The van der Waals surface area contributed by atoms with E-state index in [9.17, 15) is 4.79 Å². The van der Waals surface area contributed by atoms with Gasteiger partial charge in [0.25, 0.3) is 0 Å². The van der Waals surface area contributed by atoms with E-state index < -0.39 is 0 Å². The summed E-state index contributed by atoms with van der Waals surface area (Å²) in [5, 5.41) is 11.3. The molecule has 0 unspecified atom stereocenters. The van der Waals surface area contributed by atoms with E-state index in [0.717, 1.165) is 0 Å². The SMILES string of the molecule is N#CCC(=O)NCCOc1cncc(Cl)c1. The number of ether oxygens (including phenoxy) is 1. The first-order chi connectivity index (χ1) is 7.72. The largest absolute Gasteiger partial charge is 0.490 e. The van der Waals surface area contributed by atoms with E-state index in [1.165, 1.54) is 12.4 Å². The van der Waals surface area contributed by atoms with Crippen molar-refractivity contribution in [3.63, 3.8) is 0 Å². The normalized spacial score (nSPS) is 9.25. The Hall–Kier alpha value is -1.80. The van der Waals surface area contributed by atoms with Gasteiger partial charge in [0.2, 0.25) is 5.91 Å². The van der Waals surface area contributed by atoms with Crippen LogP contribution >= 0.6 is 11.6 Å². The van der Waals surface area contributed by atoms with E-state index in [0.29, 0.717) is 23.9 Å². The zero-order valence-electron chi connectivity index (χ0n) is 8.44. The van der Waals surface area contributed by atoms with Gasteiger partial charge in [-0.25, -0.2) is 0 Å². The molecule has 6 heteroatoms. The highest BCUT2D eigenvalue weighted by Crippen LogP contribution is 2.14. The van der Waals surface area contributed by atoms with Crippen molar-refractivity contribution in [2.24, 2.45) is 0 Å². The highest BCUT2D eigenvalue weighted by molar-refractivity contribution is 6.30. The summed E-state index contributed by atoms with van der Waals surface area (Å²) < 4.78 is 5.27. The number of nitrogens with zero attached hydrogens (tertiary/aromatic N) is 2. The minimum atomic E-state index is -0.310. The smallest absolute Gasteiger partial charge is 0.234 e. The molecular formula is C10H10ClN3O2. The molecule has 1 rings (SSSR count). The third-order valence-corrected chi connectivity index (χ3v) is 1.82. The van der Waals surface area contributed by atoms with E-state index in [1.54, 1.807) is 12.1 Å². The summed E-state index contributed by atoms with van der Waals surface area (Å²) in [5.41, 5.74) is 0. The van der Waals surface area contributed by atoms with Gasteiger partial charge in [0.15, 0.2) is 0 Å². The Balaban J connectivity index is 2.21. The van der Waals surface area contributed by atoms with Crippen molar-refractivity contribution in [1.29, 1.82) is 5.26 Å². The van der Waals surface area contributed by atoms with E-state index in [1.807, 2.05) is 0 Å². The Labute approximate surface area is 98.0 Å². The standard InChI is InChI=1S/C10H10ClN3O2/c11-8-5-9(7-13-6-8)16-4-3-14-10(15)1-2-12/h5-7H,1,3-4H2,(H,14,15). The number of carbonyl (C=O) groups excluding carboxylic acids is 1. The van der Waals surface area contributed by atoms with Crippen LogP contribution in [0.5, 0.6) is 5.75 Å². The highest BCUT2D eigenvalue weighted by atomic mass is 35.5. The second-order valence-electron chi connectivity index (χ2n) is 2.87. The lowest BCUT2D eigenvalue weighted by Crippen LogP contribution is -2.27. The summed E-state index contributed by atoms with van der Waals surface area (Å²) in [4.78, 5) is 14.7. The van der Waals surface area contributed by atoms with Crippen LogP contribution in [0.3, 0.4) is 0 Å². The molecule has 0 saturated carbocycles. The Morgan fingerprint density at radius 3 is 3.12 bits per heavy atom. The van der Waals surface area contributed by atoms with Gasteiger partial charge in [-0.05, 0) is 0 Å². The summed E-state index contributed by atoms with van der Waals surface area (Å²) in [7, 11) is 0. The first-order valence-electron chi connectivity index (χ1n) is 4.59. The molecule has 84 valence electrons. The van der Waals surface area contributed by atoms with Gasteiger partial charge >= 0.3 is 0 Å². The predicted octanol–water partition coefficient (Wildman–Crippen LogP) is 1.14. The van der Waals surface area contributed by atoms with Crippen LogP contribution in [-0.4, -0.2) is 24.0 Å². The van der Waals surface area contributed by atoms with Crippen molar-refractivity contribution in [3.05, 3.63) is 23.5 Å². The third-order valence-electron chi connectivity index (χ3n) is 1.61. The summed E-state index contributed by atoms with van der Waals surface area (Å²) in [6.07, 6.45) is 2.89. The number of aromatic nitrogens is 1. The molecular weight excluding hydrogens is 230 g/mol. The van der Waals surface area contributed by atoms with Gasteiger partial charge in [-0.15, -0.1) is 0 Å². The minimum absolute atomic E-state index is 0.140. The van der Waals surface area contributed by atoms with Crippen LogP contribution in [0.25, 0.3) is 0 Å². The second kappa shape index (κ2) is 6.64. The highest BCUT2D eigenvalue weighted by Gasteiger charge is 1.99. The van der Waals surface area contributed by atoms with E-state index in [2.05, 4.69) is 10.3 Å². The molecule has 1 amide bonds. The van der Waals surface area contributed by atoms with Crippen molar-refractivity contribution in [2.75, 3.05) is 13.2 Å². The van der Waals surface area contributed by atoms with Gasteiger partial charge in [-0.3, -0.25) is 9.78 Å². The van der Waals surface area contributed by atoms with Gasteiger partial charge in [0.05, 0.1) is 23.8 Å². The average Bonchev–Trinajstić information content (AvgIpc) is 2.25. The van der Waals surface area contributed by atoms with E-state index in [-0.39, 0.29) is 12.3 Å². The molecule has 0 aliphatic carbocycles. The van der Waals surface area contributed by atoms with Crippen molar-refractivity contribution in [1.82, 2.24) is 10.3 Å².